The molecule has 0 saturated carbocycles. The van der Waals surface area contributed by atoms with Gasteiger partial charge in [0.25, 0.3) is 5.91 Å². The minimum absolute atomic E-state index is 0.0272. The molecular weight excluding hydrogens is 385 g/mol. The second-order valence-corrected chi connectivity index (χ2v) is 8.31. The molecule has 0 aromatic heterocycles. The monoisotopic (exact) mass is 407 g/mol. The van der Waals surface area contributed by atoms with Gasteiger partial charge >= 0.3 is 0 Å². The maximum Gasteiger partial charge on any atom is 0.259 e. The Morgan fingerprint density at radius 2 is 2.04 bits per heavy atom. The zero-order valence-corrected chi connectivity index (χ0v) is 16.4. The zero-order valence-electron chi connectivity index (χ0n) is 15.6. The first-order valence-electron chi connectivity index (χ1n) is 8.79. The SMILES string of the molecule is COc1ccc(S(=O)(=O)NC2CCNC2)cc1C(=O)Nc1ccc(F)c(C)c1. The van der Waals surface area contributed by atoms with Crippen LogP contribution in [0.15, 0.2) is 41.3 Å². The van der Waals surface area contributed by atoms with Crippen molar-refractivity contribution >= 4 is 21.6 Å². The molecule has 2 aromatic rings. The lowest BCUT2D eigenvalue weighted by Gasteiger charge is -2.15. The fourth-order valence-corrected chi connectivity index (χ4v) is 4.29. The third kappa shape index (κ3) is 4.49. The predicted octanol–water partition coefficient (Wildman–Crippen LogP) is 2.04. The number of hydrogen-bond acceptors (Lipinski definition) is 5. The van der Waals surface area contributed by atoms with Gasteiger partial charge in [-0.25, -0.2) is 17.5 Å². The molecule has 1 unspecified atom stereocenters. The van der Waals surface area contributed by atoms with Gasteiger partial charge in [0.05, 0.1) is 17.6 Å². The summed E-state index contributed by atoms with van der Waals surface area (Å²) >= 11 is 0. The normalized spacial score (nSPS) is 16.8. The zero-order chi connectivity index (χ0) is 20.3. The average molecular weight is 407 g/mol. The number of halogens is 1. The van der Waals surface area contributed by atoms with E-state index in [1.807, 2.05) is 0 Å². The summed E-state index contributed by atoms with van der Waals surface area (Å²) in [6.45, 7) is 2.90. The van der Waals surface area contributed by atoms with Crippen molar-refractivity contribution in [2.75, 3.05) is 25.5 Å². The van der Waals surface area contributed by atoms with Crippen LogP contribution in [0.3, 0.4) is 0 Å². The second-order valence-electron chi connectivity index (χ2n) is 6.59. The maximum absolute atomic E-state index is 13.4. The molecule has 7 nitrogen and oxygen atoms in total. The smallest absolute Gasteiger partial charge is 0.259 e. The summed E-state index contributed by atoms with van der Waals surface area (Å²) in [5.41, 5.74) is 0.849. The highest BCUT2D eigenvalue weighted by molar-refractivity contribution is 7.89. The molecule has 150 valence electrons. The first-order chi connectivity index (χ1) is 13.3. The molecule has 3 N–H and O–H groups in total. The van der Waals surface area contributed by atoms with E-state index < -0.39 is 15.9 Å². The van der Waals surface area contributed by atoms with E-state index in [0.717, 1.165) is 6.54 Å². The molecule has 0 spiro atoms. The van der Waals surface area contributed by atoms with Crippen LogP contribution >= 0.6 is 0 Å². The first kappa shape index (κ1) is 20.2. The lowest BCUT2D eigenvalue weighted by molar-refractivity contribution is 0.102. The fourth-order valence-electron chi connectivity index (χ4n) is 3.00. The third-order valence-electron chi connectivity index (χ3n) is 4.52. The summed E-state index contributed by atoms with van der Waals surface area (Å²) in [5, 5.41) is 5.73. The number of benzene rings is 2. The number of ether oxygens (including phenoxy) is 1. The Labute approximate surface area is 163 Å². The first-order valence-corrected chi connectivity index (χ1v) is 10.3. The third-order valence-corrected chi connectivity index (χ3v) is 6.04. The minimum Gasteiger partial charge on any atom is -0.496 e. The van der Waals surface area contributed by atoms with E-state index in [4.69, 9.17) is 4.74 Å². The molecule has 1 aliphatic heterocycles. The van der Waals surface area contributed by atoms with Gasteiger partial charge in [-0.05, 0) is 61.9 Å². The molecule has 1 heterocycles. The Bertz CT molecular complexity index is 989. The van der Waals surface area contributed by atoms with Crippen LogP contribution in [0.2, 0.25) is 0 Å². The molecule has 0 bridgehead atoms. The number of nitrogens with one attached hydrogen (secondary N) is 3. The number of methoxy groups -OCH3 is 1. The van der Waals surface area contributed by atoms with Crippen molar-refractivity contribution in [2.45, 2.75) is 24.3 Å². The number of rotatable bonds is 6. The fraction of sp³-hybridized carbons (Fsp3) is 0.316. The van der Waals surface area contributed by atoms with Crippen LogP contribution in [0.4, 0.5) is 10.1 Å². The number of anilines is 1. The van der Waals surface area contributed by atoms with Crippen molar-refractivity contribution in [2.24, 2.45) is 0 Å². The van der Waals surface area contributed by atoms with Crippen LogP contribution in [0.1, 0.15) is 22.3 Å². The van der Waals surface area contributed by atoms with Gasteiger partial charge in [-0.3, -0.25) is 4.79 Å². The average Bonchev–Trinajstić information content (AvgIpc) is 3.16. The van der Waals surface area contributed by atoms with Crippen molar-refractivity contribution < 1.29 is 22.3 Å². The predicted molar refractivity (Wildman–Crippen MR) is 104 cm³/mol. The van der Waals surface area contributed by atoms with Gasteiger partial charge in [-0.15, -0.1) is 0 Å². The molecule has 2 aromatic carbocycles. The Morgan fingerprint density at radius 1 is 1.25 bits per heavy atom. The molecule has 0 aliphatic carbocycles. The van der Waals surface area contributed by atoms with E-state index in [0.29, 0.717) is 24.2 Å². The van der Waals surface area contributed by atoms with Gasteiger partial charge < -0.3 is 15.4 Å². The van der Waals surface area contributed by atoms with E-state index in [9.17, 15) is 17.6 Å². The summed E-state index contributed by atoms with van der Waals surface area (Å²) < 4.78 is 46.6. The number of carbonyl (C=O) groups is 1. The number of aryl methyl sites for hydroxylation is 1. The van der Waals surface area contributed by atoms with Gasteiger partial charge in [0, 0.05) is 18.3 Å². The summed E-state index contributed by atoms with van der Waals surface area (Å²) in [6.07, 6.45) is 0.701. The van der Waals surface area contributed by atoms with E-state index in [1.54, 1.807) is 6.92 Å². The van der Waals surface area contributed by atoms with Crippen molar-refractivity contribution in [1.29, 1.82) is 0 Å². The van der Waals surface area contributed by atoms with Crippen LogP contribution in [-0.4, -0.2) is 40.6 Å². The van der Waals surface area contributed by atoms with E-state index >= 15 is 0 Å². The molecule has 1 atom stereocenters. The Hall–Kier alpha value is -2.49. The summed E-state index contributed by atoms with van der Waals surface area (Å²) in [6, 6.07) is 8.09. The van der Waals surface area contributed by atoms with Gasteiger partial charge in [0.2, 0.25) is 10.0 Å². The van der Waals surface area contributed by atoms with Gasteiger partial charge in [0.15, 0.2) is 0 Å². The highest BCUT2D eigenvalue weighted by Crippen LogP contribution is 2.24. The maximum atomic E-state index is 13.4. The van der Waals surface area contributed by atoms with Crippen molar-refractivity contribution in [3.63, 3.8) is 0 Å². The summed E-state index contributed by atoms with van der Waals surface area (Å²) in [4.78, 5) is 12.7. The number of sulfonamides is 1. The van der Waals surface area contributed by atoms with Gasteiger partial charge in [-0.1, -0.05) is 0 Å². The Morgan fingerprint density at radius 3 is 2.68 bits per heavy atom. The molecule has 28 heavy (non-hydrogen) atoms. The van der Waals surface area contributed by atoms with Crippen LogP contribution in [0, 0.1) is 12.7 Å². The highest BCUT2D eigenvalue weighted by Gasteiger charge is 2.25. The number of carbonyl (C=O) groups excluding carboxylic acids is 1. The summed E-state index contributed by atoms with van der Waals surface area (Å²) in [5.74, 6) is -0.698. The quantitative estimate of drug-likeness (QED) is 0.681. The topological polar surface area (TPSA) is 96.5 Å². The largest absolute Gasteiger partial charge is 0.496 e. The highest BCUT2D eigenvalue weighted by atomic mass is 32.2. The molecule has 1 saturated heterocycles. The van der Waals surface area contributed by atoms with Crippen LogP contribution in [0.25, 0.3) is 0 Å². The molecule has 1 fully saturated rings. The van der Waals surface area contributed by atoms with Crippen molar-refractivity contribution in [3.05, 3.63) is 53.3 Å². The minimum atomic E-state index is -3.79. The van der Waals surface area contributed by atoms with E-state index in [-0.39, 0.29) is 28.1 Å². The standard InChI is InChI=1S/C19H22FN3O4S/c1-12-9-13(3-5-17(12)20)22-19(24)16-10-15(4-6-18(16)27-2)28(25,26)23-14-7-8-21-11-14/h3-6,9-10,14,21,23H,7-8,11H2,1-2H3,(H,22,24). The lowest BCUT2D eigenvalue weighted by Crippen LogP contribution is -2.36. The Kier molecular flexibility index (Phi) is 5.97. The number of hydrogen-bond donors (Lipinski definition) is 3. The van der Waals surface area contributed by atoms with E-state index in [2.05, 4.69) is 15.4 Å². The molecule has 1 amide bonds. The van der Waals surface area contributed by atoms with Crippen molar-refractivity contribution in [1.82, 2.24) is 10.0 Å². The van der Waals surface area contributed by atoms with Crippen LogP contribution in [-0.2, 0) is 10.0 Å². The van der Waals surface area contributed by atoms with Gasteiger partial charge in [-0.2, -0.15) is 0 Å². The Balaban J connectivity index is 1.87. The molecule has 1 aliphatic rings. The number of amides is 1. The van der Waals surface area contributed by atoms with Crippen LogP contribution < -0.4 is 20.1 Å². The van der Waals surface area contributed by atoms with E-state index in [1.165, 1.54) is 43.5 Å². The molecule has 0 radical (unpaired) electrons. The second kappa shape index (κ2) is 8.26. The van der Waals surface area contributed by atoms with Gasteiger partial charge in [0.1, 0.15) is 11.6 Å². The molecule has 3 rings (SSSR count). The lowest BCUT2D eigenvalue weighted by atomic mass is 10.1. The van der Waals surface area contributed by atoms with Crippen molar-refractivity contribution in [3.8, 4) is 5.75 Å². The molecule has 9 heteroatoms. The van der Waals surface area contributed by atoms with Crippen LogP contribution in [0.5, 0.6) is 5.75 Å². The molecular formula is C19H22FN3O4S. The summed E-state index contributed by atoms with van der Waals surface area (Å²) in [7, 11) is -2.39.